The predicted molar refractivity (Wildman–Crippen MR) is 73.8 cm³/mol. The van der Waals surface area contributed by atoms with E-state index in [1.807, 2.05) is 4.90 Å². The Morgan fingerprint density at radius 1 is 1.42 bits per heavy atom. The molecule has 1 aromatic heterocycles. The van der Waals surface area contributed by atoms with Crippen molar-refractivity contribution in [3.05, 3.63) is 23.2 Å². The summed E-state index contributed by atoms with van der Waals surface area (Å²) < 4.78 is 0. The smallest absolute Gasteiger partial charge is 0.317 e. The fraction of sp³-hybridized carbons (Fsp3) is 0.615. The van der Waals surface area contributed by atoms with Gasteiger partial charge in [0.2, 0.25) is 0 Å². The second kappa shape index (κ2) is 6.19. The summed E-state index contributed by atoms with van der Waals surface area (Å²) in [7, 11) is 0. The van der Waals surface area contributed by atoms with Crippen LogP contribution in [0.15, 0.2) is 12.4 Å². The van der Waals surface area contributed by atoms with Crippen LogP contribution in [-0.2, 0) is 6.54 Å². The van der Waals surface area contributed by atoms with Gasteiger partial charge in [0.25, 0.3) is 0 Å². The van der Waals surface area contributed by atoms with Gasteiger partial charge in [-0.1, -0.05) is 25.4 Å². The predicted octanol–water partition coefficient (Wildman–Crippen LogP) is 2.32. The van der Waals surface area contributed by atoms with Crippen molar-refractivity contribution in [2.45, 2.75) is 26.8 Å². The monoisotopic (exact) mass is 282 g/mol. The number of nitrogens with zero attached hydrogens (tertiary/aromatic N) is 3. The lowest BCUT2D eigenvalue weighted by molar-refractivity contribution is 0.144. The molecule has 1 aromatic rings. The quantitative estimate of drug-likeness (QED) is 0.906. The van der Waals surface area contributed by atoms with Gasteiger partial charge in [0, 0.05) is 25.5 Å². The van der Waals surface area contributed by atoms with Crippen LogP contribution in [0.4, 0.5) is 4.79 Å². The zero-order valence-corrected chi connectivity index (χ0v) is 12.0. The van der Waals surface area contributed by atoms with Crippen LogP contribution in [0.3, 0.4) is 0 Å². The van der Waals surface area contributed by atoms with E-state index in [4.69, 9.17) is 11.6 Å². The molecule has 0 radical (unpaired) electrons. The molecule has 5 nitrogen and oxygen atoms in total. The number of rotatable bonds is 2. The number of carbonyl (C=O) groups excluding carboxylic acids is 1. The van der Waals surface area contributed by atoms with E-state index in [1.165, 1.54) is 6.20 Å². The Kier molecular flexibility index (Phi) is 4.58. The van der Waals surface area contributed by atoms with Crippen molar-refractivity contribution >= 4 is 17.6 Å². The zero-order valence-electron chi connectivity index (χ0n) is 11.3. The number of likely N-dealkylation sites (tertiary alicyclic amines) is 1. The molecule has 2 atom stereocenters. The third-order valence-corrected chi connectivity index (χ3v) is 4.07. The molecule has 2 heterocycles. The van der Waals surface area contributed by atoms with E-state index in [0.29, 0.717) is 29.2 Å². The highest BCUT2D eigenvalue weighted by molar-refractivity contribution is 6.29. The molecule has 1 saturated heterocycles. The molecule has 0 aliphatic carbocycles. The maximum Gasteiger partial charge on any atom is 0.317 e. The first-order chi connectivity index (χ1) is 9.08. The molecule has 0 aromatic carbocycles. The largest absolute Gasteiger partial charge is 0.332 e. The number of carbonyl (C=O) groups is 1. The number of urea groups is 1. The number of amides is 2. The Bertz CT molecular complexity index is 454. The normalized spacial score (nSPS) is 23.2. The van der Waals surface area contributed by atoms with Crippen molar-refractivity contribution in [3.8, 4) is 0 Å². The number of hydrogen-bond donors (Lipinski definition) is 1. The van der Waals surface area contributed by atoms with Crippen molar-refractivity contribution < 1.29 is 4.79 Å². The molecule has 2 amide bonds. The first kappa shape index (κ1) is 14.1. The standard InChI is InChI=1S/C13H19ClN4O/c1-9-3-6-18(8-10(9)2)13(19)17-7-11-12(14)16-5-4-15-11/h4-5,9-10H,3,6-8H2,1-2H3,(H,17,19). The van der Waals surface area contributed by atoms with Crippen LogP contribution in [-0.4, -0.2) is 34.0 Å². The molecule has 1 aliphatic rings. The minimum Gasteiger partial charge on any atom is -0.332 e. The molecule has 0 bridgehead atoms. The minimum atomic E-state index is -0.0551. The van der Waals surface area contributed by atoms with Gasteiger partial charge < -0.3 is 10.2 Å². The van der Waals surface area contributed by atoms with Crippen LogP contribution in [0.1, 0.15) is 26.0 Å². The minimum absolute atomic E-state index is 0.0551. The first-order valence-corrected chi connectivity index (χ1v) is 6.94. The summed E-state index contributed by atoms with van der Waals surface area (Å²) in [6.45, 7) is 6.35. The summed E-state index contributed by atoms with van der Waals surface area (Å²) >= 11 is 5.90. The van der Waals surface area contributed by atoms with Gasteiger partial charge in [0.05, 0.1) is 12.2 Å². The molecule has 2 unspecified atom stereocenters. The average Bonchev–Trinajstić information content (AvgIpc) is 2.40. The van der Waals surface area contributed by atoms with E-state index in [1.54, 1.807) is 6.20 Å². The van der Waals surface area contributed by atoms with Gasteiger partial charge in [-0.05, 0) is 18.3 Å². The fourth-order valence-corrected chi connectivity index (χ4v) is 2.36. The molecule has 1 N–H and O–H groups in total. The van der Waals surface area contributed by atoms with Gasteiger partial charge in [0.15, 0.2) is 5.15 Å². The highest BCUT2D eigenvalue weighted by atomic mass is 35.5. The van der Waals surface area contributed by atoms with E-state index in [-0.39, 0.29) is 6.03 Å². The number of hydrogen-bond acceptors (Lipinski definition) is 3. The molecule has 0 saturated carbocycles. The van der Waals surface area contributed by atoms with Crippen LogP contribution in [0.5, 0.6) is 0 Å². The van der Waals surface area contributed by atoms with Crippen LogP contribution < -0.4 is 5.32 Å². The highest BCUT2D eigenvalue weighted by Gasteiger charge is 2.25. The molecule has 0 spiro atoms. The fourth-order valence-electron chi connectivity index (χ4n) is 2.19. The summed E-state index contributed by atoms with van der Waals surface area (Å²) in [6, 6.07) is -0.0551. The SMILES string of the molecule is CC1CCN(C(=O)NCc2nccnc2Cl)CC1C. The maximum atomic E-state index is 12.1. The lowest BCUT2D eigenvalue weighted by Gasteiger charge is -2.35. The van der Waals surface area contributed by atoms with Crippen LogP contribution in [0, 0.1) is 11.8 Å². The van der Waals surface area contributed by atoms with Gasteiger partial charge in [-0.2, -0.15) is 0 Å². The van der Waals surface area contributed by atoms with Crippen molar-refractivity contribution in [2.24, 2.45) is 11.8 Å². The lowest BCUT2D eigenvalue weighted by Crippen LogP contribution is -2.46. The second-order valence-corrected chi connectivity index (χ2v) is 5.50. The van der Waals surface area contributed by atoms with Crippen molar-refractivity contribution in [3.63, 3.8) is 0 Å². The number of nitrogens with one attached hydrogen (secondary N) is 1. The molecule has 6 heteroatoms. The third kappa shape index (κ3) is 3.56. The summed E-state index contributed by atoms with van der Waals surface area (Å²) in [5.74, 6) is 1.22. The van der Waals surface area contributed by atoms with Crippen LogP contribution in [0.25, 0.3) is 0 Å². The van der Waals surface area contributed by atoms with Gasteiger partial charge in [-0.25, -0.2) is 9.78 Å². The molecule has 1 fully saturated rings. The van der Waals surface area contributed by atoms with E-state index >= 15 is 0 Å². The molecule has 1 aliphatic heterocycles. The average molecular weight is 283 g/mol. The van der Waals surface area contributed by atoms with Crippen LogP contribution >= 0.6 is 11.6 Å². The summed E-state index contributed by atoms with van der Waals surface area (Å²) in [4.78, 5) is 21.9. The summed E-state index contributed by atoms with van der Waals surface area (Å²) in [5, 5.41) is 3.18. The second-order valence-electron chi connectivity index (χ2n) is 5.14. The van der Waals surface area contributed by atoms with Crippen LogP contribution in [0.2, 0.25) is 5.15 Å². The zero-order chi connectivity index (χ0) is 13.8. The van der Waals surface area contributed by atoms with Gasteiger partial charge >= 0.3 is 6.03 Å². The van der Waals surface area contributed by atoms with Gasteiger partial charge in [-0.3, -0.25) is 4.98 Å². The van der Waals surface area contributed by atoms with Crippen molar-refractivity contribution in [1.29, 1.82) is 0 Å². The van der Waals surface area contributed by atoms with E-state index in [9.17, 15) is 4.79 Å². The highest BCUT2D eigenvalue weighted by Crippen LogP contribution is 2.22. The molecule has 104 valence electrons. The Labute approximate surface area is 118 Å². The van der Waals surface area contributed by atoms with E-state index < -0.39 is 0 Å². The van der Waals surface area contributed by atoms with Crippen molar-refractivity contribution in [2.75, 3.05) is 13.1 Å². The summed E-state index contributed by atoms with van der Waals surface area (Å²) in [6.07, 6.45) is 4.15. The third-order valence-electron chi connectivity index (χ3n) is 3.75. The molecule has 2 rings (SSSR count). The van der Waals surface area contributed by atoms with E-state index in [0.717, 1.165) is 19.5 Å². The van der Waals surface area contributed by atoms with Crippen molar-refractivity contribution in [1.82, 2.24) is 20.2 Å². The Balaban J connectivity index is 1.87. The van der Waals surface area contributed by atoms with Gasteiger partial charge in [0.1, 0.15) is 0 Å². The van der Waals surface area contributed by atoms with Gasteiger partial charge in [-0.15, -0.1) is 0 Å². The Hall–Kier alpha value is -1.36. The lowest BCUT2D eigenvalue weighted by atomic mass is 9.89. The molecule has 19 heavy (non-hydrogen) atoms. The summed E-state index contributed by atoms with van der Waals surface area (Å²) in [5.41, 5.74) is 0.593. The number of aromatic nitrogens is 2. The van der Waals surface area contributed by atoms with E-state index in [2.05, 4.69) is 29.1 Å². The topological polar surface area (TPSA) is 58.1 Å². The first-order valence-electron chi connectivity index (χ1n) is 6.56. The number of piperidine rings is 1. The Morgan fingerprint density at radius 2 is 2.16 bits per heavy atom. The maximum absolute atomic E-state index is 12.1. The Morgan fingerprint density at radius 3 is 2.84 bits per heavy atom. The number of halogens is 1. The molecular formula is C13H19ClN4O. The molecular weight excluding hydrogens is 264 g/mol.